The molecule has 0 fully saturated rings. The molecule has 0 amide bonds. The molecule has 4 heteroatoms. The standard InChI is InChI=1S/C9H11Cl2NO/c1-3-5-8(10)12-9(11)7(4-2)6-13/h4-6H,3H2,1-2H3/b7-4-,8-5+,12-9-. The molecule has 0 saturated heterocycles. The van der Waals surface area contributed by atoms with Gasteiger partial charge in [0.25, 0.3) is 0 Å². The van der Waals surface area contributed by atoms with Crippen LogP contribution in [-0.4, -0.2) is 11.5 Å². The first-order valence-corrected chi connectivity index (χ1v) is 4.63. The molecule has 0 aliphatic heterocycles. The van der Waals surface area contributed by atoms with Crippen molar-refractivity contribution >= 4 is 34.7 Å². The van der Waals surface area contributed by atoms with Gasteiger partial charge >= 0.3 is 0 Å². The van der Waals surface area contributed by atoms with Gasteiger partial charge in [0.1, 0.15) is 10.3 Å². The minimum Gasteiger partial charge on any atom is -0.298 e. The summed E-state index contributed by atoms with van der Waals surface area (Å²) in [4.78, 5) is 14.2. The van der Waals surface area contributed by atoms with Crippen molar-refractivity contribution in [2.45, 2.75) is 20.3 Å². The molecule has 0 aromatic heterocycles. The molecule has 0 N–H and O–H groups in total. The predicted molar refractivity (Wildman–Crippen MR) is 57.3 cm³/mol. The zero-order valence-corrected chi connectivity index (χ0v) is 9.06. The number of halogens is 2. The lowest BCUT2D eigenvalue weighted by Gasteiger charge is -1.94. The van der Waals surface area contributed by atoms with Crippen LogP contribution < -0.4 is 0 Å². The van der Waals surface area contributed by atoms with E-state index in [1.807, 2.05) is 6.92 Å². The van der Waals surface area contributed by atoms with Crippen molar-refractivity contribution in [3.63, 3.8) is 0 Å². The molecule has 0 radical (unpaired) electrons. The molecule has 0 bridgehead atoms. The van der Waals surface area contributed by atoms with Crippen molar-refractivity contribution < 1.29 is 4.79 Å². The van der Waals surface area contributed by atoms with Crippen LogP contribution in [0.15, 0.2) is 27.9 Å². The predicted octanol–water partition coefficient (Wildman–Crippen LogP) is 3.26. The number of carbonyl (C=O) groups excluding carboxylic acids is 1. The van der Waals surface area contributed by atoms with Gasteiger partial charge in [0.2, 0.25) is 0 Å². The largest absolute Gasteiger partial charge is 0.298 e. The lowest BCUT2D eigenvalue weighted by Crippen LogP contribution is -1.94. The topological polar surface area (TPSA) is 29.4 Å². The molecule has 0 saturated carbocycles. The van der Waals surface area contributed by atoms with Gasteiger partial charge in [-0.15, -0.1) is 0 Å². The summed E-state index contributed by atoms with van der Waals surface area (Å²) in [5.41, 5.74) is 0.337. The summed E-state index contributed by atoms with van der Waals surface area (Å²) in [6, 6.07) is 0. The summed E-state index contributed by atoms with van der Waals surface area (Å²) in [5, 5.41) is 0.418. The highest BCUT2D eigenvalue weighted by molar-refractivity contribution is 6.72. The van der Waals surface area contributed by atoms with Gasteiger partial charge in [-0.05, 0) is 19.4 Å². The highest BCUT2D eigenvalue weighted by Gasteiger charge is 2.01. The monoisotopic (exact) mass is 219 g/mol. The Morgan fingerprint density at radius 1 is 1.46 bits per heavy atom. The Labute approximate surface area is 87.9 Å². The van der Waals surface area contributed by atoms with Gasteiger partial charge in [-0.3, -0.25) is 4.79 Å². The van der Waals surface area contributed by atoms with Crippen molar-refractivity contribution in [1.29, 1.82) is 0 Å². The number of rotatable bonds is 4. The smallest absolute Gasteiger partial charge is 0.152 e. The number of hydrogen-bond donors (Lipinski definition) is 0. The quantitative estimate of drug-likeness (QED) is 0.309. The number of nitrogens with zero attached hydrogens (tertiary/aromatic N) is 1. The zero-order chi connectivity index (χ0) is 10.3. The molecule has 2 nitrogen and oxygen atoms in total. The van der Waals surface area contributed by atoms with E-state index >= 15 is 0 Å². The summed E-state index contributed by atoms with van der Waals surface area (Å²) in [6.45, 7) is 3.64. The SMILES string of the molecule is C\C=C(C=O)/C(Cl)=N/C(Cl)=C/CC. The molecule has 0 rings (SSSR count). The average Bonchev–Trinajstić information content (AvgIpc) is 2.06. The second kappa shape index (κ2) is 6.87. The normalized spacial score (nSPS) is 14.6. The lowest BCUT2D eigenvalue weighted by molar-refractivity contribution is -0.104. The van der Waals surface area contributed by atoms with E-state index in [0.717, 1.165) is 6.42 Å². The van der Waals surface area contributed by atoms with Gasteiger partial charge in [-0.1, -0.05) is 36.2 Å². The molecular formula is C9H11Cl2NO. The van der Waals surface area contributed by atoms with Crippen molar-refractivity contribution in [3.05, 3.63) is 22.9 Å². The van der Waals surface area contributed by atoms with E-state index in [4.69, 9.17) is 23.2 Å². The van der Waals surface area contributed by atoms with Gasteiger partial charge < -0.3 is 0 Å². The second-order valence-corrected chi connectivity index (χ2v) is 2.94. The molecule has 13 heavy (non-hydrogen) atoms. The first-order valence-electron chi connectivity index (χ1n) is 3.87. The average molecular weight is 220 g/mol. The molecule has 0 aromatic rings. The molecule has 0 aliphatic rings. The summed E-state index contributed by atoms with van der Waals surface area (Å²) < 4.78 is 0. The molecule has 0 aliphatic carbocycles. The fourth-order valence-electron chi connectivity index (χ4n) is 0.608. The van der Waals surface area contributed by atoms with Crippen molar-refractivity contribution in [3.8, 4) is 0 Å². The van der Waals surface area contributed by atoms with Crippen molar-refractivity contribution in [2.24, 2.45) is 4.99 Å². The van der Waals surface area contributed by atoms with E-state index in [9.17, 15) is 4.79 Å². The Balaban J connectivity index is 4.66. The molecule has 0 heterocycles. The van der Waals surface area contributed by atoms with Gasteiger partial charge in [0, 0.05) is 5.57 Å². The fourth-order valence-corrected chi connectivity index (χ4v) is 1.13. The van der Waals surface area contributed by atoms with Crippen LogP contribution in [0.2, 0.25) is 0 Å². The Hall–Kier alpha value is -0.600. The summed E-state index contributed by atoms with van der Waals surface area (Å²) in [6.07, 6.45) is 4.71. The third kappa shape index (κ3) is 4.86. The minimum atomic E-state index is 0.118. The maximum atomic E-state index is 10.4. The Bertz CT molecular complexity index is 267. The van der Waals surface area contributed by atoms with E-state index in [0.29, 0.717) is 17.0 Å². The maximum Gasteiger partial charge on any atom is 0.152 e. The lowest BCUT2D eigenvalue weighted by atomic mass is 10.3. The number of aldehydes is 1. The van der Waals surface area contributed by atoms with E-state index in [1.165, 1.54) is 0 Å². The molecule has 0 spiro atoms. The Morgan fingerprint density at radius 3 is 2.46 bits per heavy atom. The van der Waals surface area contributed by atoms with Crippen molar-refractivity contribution in [1.82, 2.24) is 0 Å². The molecule has 0 aromatic carbocycles. The van der Waals surface area contributed by atoms with Crippen LogP contribution >= 0.6 is 23.2 Å². The number of hydrogen-bond acceptors (Lipinski definition) is 2. The van der Waals surface area contributed by atoms with Crippen LogP contribution in [0.4, 0.5) is 0 Å². The molecule has 0 unspecified atom stereocenters. The van der Waals surface area contributed by atoms with Crippen LogP contribution in [0.3, 0.4) is 0 Å². The molecule has 0 atom stereocenters. The molecular weight excluding hydrogens is 209 g/mol. The number of aliphatic imine (C=N–C) groups is 1. The summed E-state index contributed by atoms with van der Waals surface area (Å²) in [7, 11) is 0. The van der Waals surface area contributed by atoms with E-state index < -0.39 is 0 Å². The molecule has 72 valence electrons. The minimum absolute atomic E-state index is 0.118. The van der Waals surface area contributed by atoms with Crippen molar-refractivity contribution in [2.75, 3.05) is 0 Å². The van der Waals surface area contributed by atoms with Crippen LogP contribution in [0, 0.1) is 0 Å². The van der Waals surface area contributed by atoms with E-state index in [-0.39, 0.29) is 5.17 Å². The third-order valence-electron chi connectivity index (χ3n) is 1.25. The second-order valence-electron chi connectivity index (χ2n) is 2.20. The summed E-state index contributed by atoms with van der Waals surface area (Å²) >= 11 is 11.4. The van der Waals surface area contributed by atoms with Gasteiger partial charge in [-0.2, -0.15) is 0 Å². The van der Waals surface area contributed by atoms with Gasteiger partial charge in [-0.25, -0.2) is 4.99 Å². The number of carbonyl (C=O) groups is 1. The first-order chi connectivity index (χ1) is 6.15. The van der Waals surface area contributed by atoms with Crippen LogP contribution in [0.1, 0.15) is 20.3 Å². The first kappa shape index (κ1) is 12.4. The highest BCUT2D eigenvalue weighted by Crippen LogP contribution is 2.09. The Kier molecular flexibility index (Phi) is 6.55. The summed E-state index contributed by atoms with van der Waals surface area (Å²) in [5.74, 6) is 0. The van der Waals surface area contributed by atoms with E-state index in [1.54, 1.807) is 19.1 Å². The zero-order valence-electron chi connectivity index (χ0n) is 7.55. The van der Waals surface area contributed by atoms with Gasteiger partial charge in [0.05, 0.1) is 0 Å². The maximum absolute atomic E-state index is 10.4. The van der Waals surface area contributed by atoms with Crippen LogP contribution in [0.25, 0.3) is 0 Å². The fraction of sp³-hybridized carbons (Fsp3) is 0.333. The van der Waals surface area contributed by atoms with E-state index in [2.05, 4.69) is 4.99 Å². The van der Waals surface area contributed by atoms with Gasteiger partial charge in [0.15, 0.2) is 6.29 Å². The Morgan fingerprint density at radius 2 is 2.08 bits per heavy atom. The van der Waals surface area contributed by atoms with Crippen LogP contribution in [-0.2, 0) is 4.79 Å². The highest BCUT2D eigenvalue weighted by atomic mass is 35.5. The third-order valence-corrected chi connectivity index (χ3v) is 1.80. The number of allylic oxidation sites excluding steroid dienone is 3. The van der Waals surface area contributed by atoms with Crippen LogP contribution in [0.5, 0.6) is 0 Å².